The first-order valence-corrected chi connectivity index (χ1v) is 6.64. The van der Waals surface area contributed by atoms with Crippen molar-refractivity contribution in [2.24, 2.45) is 5.73 Å². The Labute approximate surface area is 116 Å². The van der Waals surface area contributed by atoms with E-state index in [4.69, 9.17) is 5.73 Å². The normalized spacial score (nSPS) is 12.5. The zero-order valence-electron chi connectivity index (χ0n) is 10.7. The van der Waals surface area contributed by atoms with E-state index in [0.717, 1.165) is 32.7 Å². The van der Waals surface area contributed by atoms with Crippen LogP contribution >= 0.6 is 15.9 Å². The van der Waals surface area contributed by atoms with Gasteiger partial charge in [-0.15, -0.1) is 0 Å². The van der Waals surface area contributed by atoms with Crippen molar-refractivity contribution < 1.29 is 0 Å². The molecule has 0 fully saturated rings. The zero-order valence-corrected chi connectivity index (χ0v) is 12.3. The quantitative estimate of drug-likeness (QED) is 0.923. The lowest BCUT2D eigenvalue weighted by Crippen LogP contribution is -2.09. The maximum Gasteiger partial charge on any atom is 0.159 e. The lowest BCUT2D eigenvalue weighted by Gasteiger charge is -2.11. The third-order valence-electron chi connectivity index (χ3n) is 2.94. The lowest BCUT2D eigenvalue weighted by atomic mass is 10.1. The van der Waals surface area contributed by atoms with Gasteiger partial charge in [0.2, 0.25) is 0 Å². The minimum Gasteiger partial charge on any atom is -0.324 e. The molecule has 0 unspecified atom stereocenters. The van der Waals surface area contributed by atoms with Crippen LogP contribution in [0.4, 0.5) is 0 Å². The summed E-state index contributed by atoms with van der Waals surface area (Å²) in [7, 11) is 0. The Hall–Kier alpha value is -1.26. The third kappa shape index (κ3) is 2.60. The van der Waals surface area contributed by atoms with Crippen LogP contribution in [0.25, 0.3) is 11.4 Å². The molecule has 1 heterocycles. The predicted molar refractivity (Wildman–Crippen MR) is 77.2 cm³/mol. The first-order chi connectivity index (χ1) is 8.49. The second-order valence-corrected chi connectivity index (χ2v) is 5.40. The molecular weight excluding hydrogens is 290 g/mol. The Kier molecular flexibility index (Phi) is 3.78. The van der Waals surface area contributed by atoms with Crippen LogP contribution in [0.3, 0.4) is 0 Å². The van der Waals surface area contributed by atoms with Gasteiger partial charge < -0.3 is 5.73 Å². The Morgan fingerprint density at radius 1 is 1.28 bits per heavy atom. The summed E-state index contributed by atoms with van der Waals surface area (Å²) in [6.45, 7) is 5.96. The van der Waals surface area contributed by atoms with Crippen molar-refractivity contribution >= 4 is 15.9 Å². The van der Waals surface area contributed by atoms with Gasteiger partial charge in [-0.3, -0.25) is 0 Å². The minimum absolute atomic E-state index is 0.0370. The first-order valence-electron chi connectivity index (χ1n) is 5.84. The Morgan fingerprint density at radius 2 is 2.00 bits per heavy atom. The molecule has 4 heteroatoms. The van der Waals surface area contributed by atoms with E-state index in [1.54, 1.807) is 0 Å². The molecule has 1 atom stereocenters. The average molecular weight is 306 g/mol. The van der Waals surface area contributed by atoms with Crippen LogP contribution in [-0.4, -0.2) is 9.97 Å². The molecule has 0 radical (unpaired) electrons. The van der Waals surface area contributed by atoms with E-state index in [1.807, 2.05) is 32.2 Å². The number of nitrogens with two attached hydrogens (primary N) is 1. The molecule has 2 N–H and O–H groups in total. The third-order valence-corrected chi connectivity index (χ3v) is 3.43. The molecule has 0 saturated heterocycles. The maximum absolute atomic E-state index is 5.87. The van der Waals surface area contributed by atoms with Crippen molar-refractivity contribution in [2.75, 3.05) is 0 Å². The topological polar surface area (TPSA) is 51.8 Å². The van der Waals surface area contributed by atoms with Crippen LogP contribution in [0.15, 0.2) is 28.9 Å². The van der Waals surface area contributed by atoms with Crippen LogP contribution < -0.4 is 5.73 Å². The highest BCUT2D eigenvalue weighted by molar-refractivity contribution is 9.10. The van der Waals surface area contributed by atoms with Gasteiger partial charge in [0.25, 0.3) is 0 Å². The molecule has 0 spiro atoms. The van der Waals surface area contributed by atoms with Gasteiger partial charge in [-0.1, -0.05) is 15.9 Å². The molecule has 2 rings (SSSR count). The Bertz CT molecular complexity index is 579. The highest BCUT2D eigenvalue weighted by Gasteiger charge is 2.10. The standard InChI is InChI=1S/C14H16BrN3/c1-8-6-11(15)4-5-12(8)14-17-7-13(9(2)16)10(3)18-14/h4-7,9H,16H2,1-3H3/t9-/m1/s1. The summed E-state index contributed by atoms with van der Waals surface area (Å²) >= 11 is 3.46. The molecule has 2 aromatic rings. The molecule has 0 aliphatic carbocycles. The van der Waals surface area contributed by atoms with Crippen molar-refractivity contribution in [3.63, 3.8) is 0 Å². The lowest BCUT2D eigenvalue weighted by molar-refractivity contribution is 0.790. The van der Waals surface area contributed by atoms with E-state index in [0.29, 0.717) is 0 Å². The highest BCUT2D eigenvalue weighted by Crippen LogP contribution is 2.24. The van der Waals surface area contributed by atoms with Crippen molar-refractivity contribution in [2.45, 2.75) is 26.8 Å². The number of nitrogens with zero attached hydrogens (tertiary/aromatic N) is 2. The number of hydrogen-bond acceptors (Lipinski definition) is 3. The number of benzene rings is 1. The molecule has 94 valence electrons. The number of rotatable bonds is 2. The fraction of sp³-hybridized carbons (Fsp3) is 0.286. The summed E-state index contributed by atoms with van der Waals surface area (Å²) in [5.74, 6) is 0.752. The smallest absolute Gasteiger partial charge is 0.159 e. The van der Waals surface area contributed by atoms with Gasteiger partial charge >= 0.3 is 0 Å². The monoisotopic (exact) mass is 305 g/mol. The second-order valence-electron chi connectivity index (χ2n) is 4.48. The van der Waals surface area contributed by atoms with Gasteiger partial charge in [0.05, 0.1) is 0 Å². The zero-order chi connectivity index (χ0) is 13.3. The van der Waals surface area contributed by atoms with E-state index in [9.17, 15) is 0 Å². The fourth-order valence-corrected chi connectivity index (χ4v) is 2.41. The molecule has 18 heavy (non-hydrogen) atoms. The highest BCUT2D eigenvalue weighted by atomic mass is 79.9. The number of halogens is 1. The van der Waals surface area contributed by atoms with Crippen LogP contribution in [-0.2, 0) is 0 Å². The van der Waals surface area contributed by atoms with Crippen molar-refractivity contribution in [3.8, 4) is 11.4 Å². The van der Waals surface area contributed by atoms with Crippen LogP contribution in [0.1, 0.15) is 29.8 Å². The first kappa shape index (κ1) is 13.2. The minimum atomic E-state index is -0.0370. The maximum atomic E-state index is 5.87. The summed E-state index contributed by atoms with van der Waals surface area (Å²) in [6, 6.07) is 6.05. The van der Waals surface area contributed by atoms with E-state index in [1.165, 1.54) is 0 Å². The molecule has 0 amide bonds. The molecule has 0 aliphatic heterocycles. The summed E-state index contributed by atoms with van der Waals surface area (Å²) in [5, 5.41) is 0. The Balaban J connectivity index is 2.49. The van der Waals surface area contributed by atoms with Crippen LogP contribution in [0.2, 0.25) is 0 Å². The molecule has 1 aromatic carbocycles. The summed E-state index contributed by atoms with van der Waals surface area (Å²) in [5.41, 5.74) is 10.0. The number of aryl methyl sites for hydroxylation is 2. The molecule has 3 nitrogen and oxygen atoms in total. The molecule has 1 aromatic heterocycles. The van der Waals surface area contributed by atoms with Crippen LogP contribution in [0.5, 0.6) is 0 Å². The largest absolute Gasteiger partial charge is 0.324 e. The molecule has 0 saturated carbocycles. The molecule has 0 aliphatic rings. The predicted octanol–water partition coefficient (Wildman–Crippen LogP) is 3.54. The van der Waals surface area contributed by atoms with Crippen molar-refractivity contribution in [1.82, 2.24) is 9.97 Å². The number of aromatic nitrogens is 2. The summed E-state index contributed by atoms with van der Waals surface area (Å²) in [4.78, 5) is 8.96. The van der Waals surface area contributed by atoms with Gasteiger partial charge in [0.1, 0.15) is 0 Å². The fourth-order valence-electron chi connectivity index (χ4n) is 1.93. The molecule has 0 bridgehead atoms. The van der Waals surface area contributed by atoms with E-state index in [2.05, 4.69) is 38.9 Å². The summed E-state index contributed by atoms with van der Waals surface area (Å²) < 4.78 is 1.06. The Morgan fingerprint density at radius 3 is 2.56 bits per heavy atom. The van der Waals surface area contributed by atoms with Gasteiger partial charge in [-0.2, -0.15) is 0 Å². The molecular formula is C14H16BrN3. The van der Waals surface area contributed by atoms with Gasteiger partial charge in [-0.25, -0.2) is 9.97 Å². The SMILES string of the molecule is Cc1cc(Br)ccc1-c1ncc([C@@H](C)N)c(C)n1. The van der Waals surface area contributed by atoms with E-state index >= 15 is 0 Å². The van der Waals surface area contributed by atoms with Crippen LogP contribution in [0, 0.1) is 13.8 Å². The van der Waals surface area contributed by atoms with E-state index in [-0.39, 0.29) is 6.04 Å². The van der Waals surface area contributed by atoms with Crippen molar-refractivity contribution in [1.29, 1.82) is 0 Å². The van der Waals surface area contributed by atoms with Crippen molar-refractivity contribution in [3.05, 3.63) is 45.7 Å². The van der Waals surface area contributed by atoms with Gasteiger partial charge in [0, 0.05) is 33.5 Å². The van der Waals surface area contributed by atoms with Gasteiger partial charge in [-0.05, 0) is 44.5 Å². The summed E-state index contributed by atoms with van der Waals surface area (Å²) in [6.07, 6.45) is 1.82. The average Bonchev–Trinajstić information content (AvgIpc) is 2.28. The van der Waals surface area contributed by atoms with E-state index < -0.39 is 0 Å². The van der Waals surface area contributed by atoms with Gasteiger partial charge in [0.15, 0.2) is 5.82 Å². The second kappa shape index (κ2) is 5.16. The number of hydrogen-bond donors (Lipinski definition) is 1.